The molecule has 3 aromatic heterocycles. The van der Waals surface area contributed by atoms with Gasteiger partial charge in [-0.25, -0.2) is 18.7 Å². The minimum atomic E-state index is -0.527. The first-order valence-corrected chi connectivity index (χ1v) is 9.93. The van der Waals surface area contributed by atoms with Crippen molar-refractivity contribution in [1.29, 1.82) is 5.26 Å². The van der Waals surface area contributed by atoms with Gasteiger partial charge in [0.2, 0.25) is 5.82 Å². The highest BCUT2D eigenvalue weighted by molar-refractivity contribution is 7.13. The van der Waals surface area contributed by atoms with Crippen LogP contribution in [0.4, 0.5) is 10.2 Å². The zero-order valence-electron chi connectivity index (χ0n) is 15.9. The van der Waals surface area contributed by atoms with Gasteiger partial charge in [-0.1, -0.05) is 12.1 Å². The number of anilines is 1. The first kappa shape index (κ1) is 19.5. The zero-order valence-corrected chi connectivity index (χ0v) is 16.7. The van der Waals surface area contributed by atoms with Crippen molar-refractivity contribution in [1.82, 2.24) is 24.5 Å². The summed E-state index contributed by atoms with van der Waals surface area (Å²) in [6, 6.07) is 13.4. The summed E-state index contributed by atoms with van der Waals surface area (Å²) in [6.45, 7) is 2.15. The molecule has 10 heteroatoms. The second-order valence-corrected chi connectivity index (χ2v) is 7.33. The molecule has 4 aromatic rings. The highest BCUT2D eigenvalue weighted by Crippen LogP contribution is 2.26. The molecule has 150 valence electrons. The molecule has 8 nitrogen and oxygen atoms in total. The first-order chi connectivity index (χ1) is 14.5. The van der Waals surface area contributed by atoms with Gasteiger partial charge < -0.3 is 5.32 Å². The maximum atomic E-state index is 13.8. The van der Waals surface area contributed by atoms with Crippen LogP contribution in [0.3, 0.4) is 0 Å². The van der Waals surface area contributed by atoms with Crippen LogP contribution in [0.15, 0.2) is 47.8 Å². The van der Waals surface area contributed by atoms with Gasteiger partial charge in [0.25, 0.3) is 5.91 Å². The molecule has 1 N–H and O–H groups in total. The van der Waals surface area contributed by atoms with Crippen molar-refractivity contribution in [3.63, 3.8) is 0 Å². The maximum Gasteiger partial charge on any atom is 0.296 e. The van der Waals surface area contributed by atoms with E-state index >= 15 is 0 Å². The number of nitrogens with one attached hydrogen (secondary N) is 1. The highest BCUT2D eigenvalue weighted by atomic mass is 32.1. The molecule has 0 bridgehead atoms. The molecule has 3 heterocycles. The lowest BCUT2D eigenvalue weighted by molar-refractivity contribution is 0.101. The predicted octanol–water partition coefficient (Wildman–Crippen LogP) is 3.81. The van der Waals surface area contributed by atoms with E-state index in [0.29, 0.717) is 29.6 Å². The monoisotopic (exact) mass is 421 g/mol. The Bertz CT molecular complexity index is 1240. The van der Waals surface area contributed by atoms with Crippen LogP contribution in [0.25, 0.3) is 16.4 Å². The smallest absolute Gasteiger partial charge is 0.296 e. The van der Waals surface area contributed by atoms with Crippen LogP contribution >= 0.6 is 11.3 Å². The van der Waals surface area contributed by atoms with E-state index in [1.165, 1.54) is 28.2 Å². The number of halogens is 1. The third-order valence-electron chi connectivity index (χ3n) is 4.18. The van der Waals surface area contributed by atoms with E-state index in [2.05, 4.69) is 26.6 Å². The topological polar surface area (TPSA) is 101 Å². The van der Waals surface area contributed by atoms with Gasteiger partial charge >= 0.3 is 0 Å². The Morgan fingerprint density at radius 2 is 2.13 bits per heavy atom. The molecule has 0 spiro atoms. The fourth-order valence-electron chi connectivity index (χ4n) is 2.91. The normalized spacial score (nSPS) is 10.7. The van der Waals surface area contributed by atoms with E-state index in [1.54, 1.807) is 29.8 Å². The zero-order chi connectivity index (χ0) is 21.1. The van der Waals surface area contributed by atoms with Gasteiger partial charge in [0.05, 0.1) is 35.3 Å². The first-order valence-electron chi connectivity index (χ1n) is 9.05. The third-order valence-corrected chi connectivity index (χ3v) is 5.05. The van der Waals surface area contributed by atoms with Gasteiger partial charge in [0.1, 0.15) is 11.6 Å². The molecule has 0 saturated heterocycles. The van der Waals surface area contributed by atoms with E-state index < -0.39 is 11.7 Å². The molecule has 4 rings (SSSR count). The largest absolute Gasteiger partial charge is 0.304 e. The van der Waals surface area contributed by atoms with Crippen LogP contribution in [0, 0.1) is 24.1 Å². The molecule has 0 fully saturated rings. The van der Waals surface area contributed by atoms with Crippen molar-refractivity contribution in [2.45, 2.75) is 19.9 Å². The highest BCUT2D eigenvalue weighted by Gasteiger charge is 2.21. The third kappa shape index (κ3) is 3.97. The molecule has 0 saturated carbocycles. The Balaban J connectivity index is 1.69. The summed E-state index contributed by atoms with van der Waals surface area (Å²) in [5.41, 5.74) is 1.17. The summed E-state index contributed by atoms with van der Waals surface area (Å²) >= 11 is 1.44. The van der Waals surface area contributed by atoms with E-state index in [0.717, 1.165) is 4.88 Å². The van der Waals surface area contributed by atoms with Crippen LogP contribution in [-0.4, -0.2) is 30.5 Å². The number of nitrogens with zero attached hydrogens (tertiary/aromatic N) is 6. The Morgan fingerprint density at radius 1 is 1.27 bits per heavy atom. The average molecular weight is 421 g/mol. The predicted molar refractivity (Wildman–Crippen MR) is 110 cm³/mol. The van der Waals surface area contributed by atoms with Crippen molar-refractivity contribution in [2.24, 2.45) is 0 Å². The number of amides is 1. The molecule has 0 aliphatic carbocycles. The van der Waals surface area contributed by atoms with E-state index in [9.17, 15) is 9.18 Å². The van der Waals surface area contributed by atoms with Crippen molar-refractivity contribution in [2.75, 3.05) is 5.32 Å². The molecule has 0 atom stereocenters. The van der Waals surface area contributed by atoms with Crippen molar-refractivity contribution < 1.29 is 9.18 Å². The lowest BCUT2D eigenvalue weighted by Crippen LogP contribution is -2.17. The number of aryl methyl sites for hydroxylation is 2. The number of nitriles is 1. The minimum absolute atomic E-state index is 0.0617. The van der Waals surface area contributed by atoms with Crippen LogP contribution in [0.2, 0.25) is 0 Å². The summed E-state index contributed by atoms with van der Waals surface area (Å²) in [5, 5.41) is 22.0. The van der Waals surface area contributed by atoms with E-state index in [4.69, 9.17) is 5.26 Å². The summed E-state index contributed by atoms with van der Waals surface area (Å²) in [7, 11) is 0. The fraction of sp³-hybridized carbons (Fsp3) is 0.150. The van der Waals surface area contributed by atoms with Crippen LogP contribution in [0.5, 0.6) is 0 Å². The molecule has 1 aromatic carbocycles. The second kappa shape index (κ2) is 8.26. The lowest BCUT2D eigenvalue weighted by Gasteiger charge is -2.05. The van der Waals surface area contributed by atoms with Gasteiger partial charge in [0, 0.05) is 6.07 Å². The Morgan fingerprint density at radius 3 is 2.87 bits per heavy atom. The van der Waals surface area contributed by atoms with E-state index in [1.807, 2.05) is 17.5 Å². The number of rotatable bonds is 6. The van der Waals surface area contributed by atoms with Gasteiger partial charge in [0.15, 0.2) is 5.82 Å². The molecule has 30 heavy (non-hydrogen) atoms. The molecule has 0 unspecified atom stereocenters. The molecule has 0 aliphatic rings. The molecular formula is C20H16FN7OS. The van der Waals surface area contributed by atoms with Gasteiger partial charge in [-0.3, -0.25) is 4.79 Å². The standard InChI is InChI=1S/C20H16FN7OS/c1-13-11-17(27(25-13)9-4-8-22)23-20(29)18-24-19(16-7-3-10-30-16)28(26-18)15-6-2-5-14(21)12-15/h2-3,5-7,10-12H,4,9H2,1H3,(H,23,29). The molecule has 1 amide bonds. The average Bonchev–Trinajstić information content (AvgIpc) is 3.46. The molecular weight excluding hydrogens is 405 g/mol. The van der Waals surface area contributed by atoms with Crippen LogP contribution in [-0.2, 0) is 6.54 Å². The number of thiophene rings is 1. The number of carbonyl (C=O) groups excluding carboxylic acids is 1. The van der Waals surface area contributed by atoms with Crippen molar-refractivity contribution in [3.05, 3.63) is 65.2 Å². The van der Waals surface area contributed by atoms with Gasteiger partial charge in [-0.2, -0.15) is 10.4 Å². The number of hydrogen-bond acceptors (Lipinski definition) is 6. The fourth-order valence-corrected chi connectivity index (χ4v) is 3.60. The number of carbonyl (C=O) groups is 1. The summed E-state index contributed by atoms with van der Waals surface area (Å²) in [4.78, 5) is 18.0. The lowest BCUT2D eigenvalue weighted by atomic mass is 10.3. The number of hydrogen-bond donors (Lipinski definition) is 1. The Labute approximate surface area is 175 Å². The summed E-state index contributed by atoms with van der Waals surface area (Å²) in [5.74, 6) is -0.111. The second-order valence-electron chi connectivity index (χ2n) is 6.38. The molecule has 0 aliphatic heterocycles. The maximum absolute atomic E-state index is 13.8. The molecule has 0 radical (unpaired) electrons. The van der Waals surface area contributed by atoms with E-state index in [-0.39, 0.29) is 12.2 Å². The summed E-state index contributed by atoms with van der Waals surface area (Å²) < 4.78 is 16.8. The van der Waals surface area contributed by atoms with Crippen LogP contribution in [0.1, 0.15) is 22.7 Å². The van der Waals surface area contributed by atoms with Gasteiger partial charge in [-0.05, 0) is 36.6 Å². The quantitative estimate of drug-likeness (QED) is 0.510. The number of aromatic nitrogens is 5. The summed E-state index contributed by atoms with van der Waals surface area (Å²) in [6.07, 6.45) is 0.263. The SMILES string of the molecule is Cc1cc(NC(=O)c2nc(-c3cccs3)n(-c3cccc(F)c3)n2)n(CCC#N)n1. The van der Waals surface area contributed by atoms with Crippen LogP contribution < -0.4 is 5.32 Å². The number of benzene rings is 1. The van der Waals surface area contributed by atoms with Gasteiger partial charge in [-0.15, -0.1) is 16.4 Å². The minimum Gasteiger partial charge on any atom is -0.304 e. The Hall–Kier alpha value is -3.84. The van der Waals surface area contributed by atoms with Crippen molar-refractivity contribution in [3.8, 4) is 22.5 Å². The Kier molecular flexibility index (Phi) is 5.36. The van der Waals surface area contributed by atoms with Crippen molar-refractivity contribution >= 4 is 23.1 Å².